The van der Waals surface area contributed by atoms with Crippen LogP contribution < -0.4 is 4.72 Å². The lowest BCUT2D eigenvalue weighted by Gasteiger charge is -2.20. The second-order valence-corrected chi connectivity index (χ2v) is 6.28. The lowest BCUT2D eigenvalue weighted by atomic mass is 10.3. The molecule has 0 saturated heterocycles. The molecular formula is C8H17NO5S2. The van der Waals surface area contributed by atoms with Crippen molar-refractivity contribution < 1.29 is 23.4 Å². The van der Waals surface area contributed by atoms with Gasteiger partial charge in [-0.25, -0.2) is 13.1 Å². The van der Waals surface area contributed by atoms with E-state index in [1.165, 1.54) is 11.8 Å². The summed E-state index contributed by atoms with van der Waals surface area (Å²) in [7, 11) is -3.60. The van der Waals surface area contributed by atoms with Crippen molar-refractivity contribution >= 4 is 27.8 Å². The molecule has 0 amide bonds. The summed E-state index contributed by atoms with van der Waals surface area (Å²) in [6.45, 7) is 1.50. The predicted molar refractivity (Wildman–Crippen MR) is 63.0 cm³/mol. The number of carbonyl (C=O) groups is 1. The molecule has 2 unspecified atom stereocenters. The van der Waals surface area contributed by atoms with Crippen LogP contribution in [0.1, 0.15) is 13.3 Å². The van der Waals surface area contributed by atoms with E-state index in [-0.39, 0.29) is 11.9 Å². The van der Waals surface area contributed by atoms with Crippen LogP contribution in [-0.4, -0.2) is 54.5 Å². The van der Waals surface area contributed by atoms with Crippen molar-refractivity contribution in [3.63, 3.8) is 0 Å². The first kappa shape index (κ1) is 15.7. The van der Waals surface area contributed by atoms with E-state index in [4.69, 9.17) is 10.2 Å². The fourth-order valence-corrected chi connectivity index (χ4v) is 3.08. The van der Waals surface area contributed by atoms with Crippen molar-refractivity contribution in [1.29, 1.82) is 0 Å². The van der Waals surface area contributed by atoms with Crippen molar-refractivity contribution in [2.75, 3.05) is 18.6 Å². The van der Waals surface area contributed by atoms with Gasteiger partial charge in [0.05, 0.1) is 18.8 Å². The lowest BCUT2D eigenvalue weighted by Crippen LogP contribution is -2.42. The molecule has 0 aliphatic heterocycles. The summed E-state index contributed by atoms with van der Waals surface area (Å²) >= 11 is 1.35. The minimum absolute atomic E-state index is 0.135. The zero-order valence-electron chi connectivity index (χ0n) is 9.21. The average molecular weight is 271 g/mol. The predicted octanol–water partition coefficient (Wildman–Crippen LogP) is -0.507. The molecule has 3 N–H and O–H groups in total. The first-order valence-corrected chi connectivity index (χ1v) is 7.62. The van der Waals surface area contributed by atoms with Gasteiger partial charge in [0, 0.05) is 11.3 Å². The van der Waals surface area contributed by atoms with Crippen molar-refractivity contribution in [2.45, 2.75) is 24.6 Å². The van der Waals surface area contributed by atoms with Crippen molar-refractivity contribution in [3.8, 4) is 0 Å². The fraction of sp³-hybridized carbons (Fsp3) is 0.875. The average Bonchev–Trinajstić information content (AvgIpc) is 2.16. The summed E-state index contributed by atoms with van der Waals surface area (Å²) in [6.07, 6.45) is 1.34. The number of hydrogen-bond donors (Lipinski definition) is 3. The smallest absolute Gasteiger partial charge is 0.304 e. The molecule has 0 fully saturated rings. The minimum Gasteiger partial charge on any atom is -0.481 e. The first-order chi connectivity index (χ1) is 7.32. The highest BCUT2D eigenvalue weighted by atomic mass is 32.2. The fourth-order valence-electron chi connectivity index (χ4n) is 1.08. The molecule has 0 saturated carbocycles. The largest absolute Gasteiger partial charge is 0.481 e. The normalized spacial score (nSPS) is 15.7. The van der Waals surface area contributed by atoms with Crippen LogP contribution in [0, 0.1) is 0 Å². The number of hydrogen-bond acceptors (Lipinski definition) is 5. The molecule has 0 bridgehead atoms. The molecule has 96 valence electrons. The highest BCUT2D eigenvalue weighted by Crippen LogP contribution is 2.11. The van der Waals surface area contributed by atoms with Crippen molar-refractivity contribution in [1.82, 2.24) is 4.72 Å². The third-order valence-corrected chi connectivity index (χ3v) is 4.63. The Bertz CT molecular complexity index is 312. The highest BCUT2D eigenvalue weighted by Gasteiger charge is 2.21. The zero-order valence-corrected chi connectivity index (χ0v) is 10.8. The second-order valence-electron chi connectivity index (χ2n) is 3.33. The Hall–Kier alpha value is -0.310. The van der Waals surface area contributed by atoms with E-state index in [1.807, 2.05) is 0 Å². The number of thioether (sulfide) groups is 1. The van der Waals surface area contributed by atoms with Gasteiger partial charge in [-0.2, -0.15) is 11.8 Å². The van der Waals surface area contributed by atoms with Gasteiger partial charge in [-0.05, 0) is 13.2 Å². The Kier molecular flexibility index (Phi) is 6.96. The highest BCUT2D eigenvalue weighted by molar-refractivity contribution is 7.99. The zero-order chi connectivity index (χ0) is 12.8. The monoisotopic (exact) mass is 271 g/mol. The molecule has 0 aromatic carbocycles. The Morgan fingerprint density at radius 3 is 2.44 bits per heavy atom. The van der Waals surface area contributed by atoms with Gasteiger partial charge in [0.1, 0.15) is 0 Å². The van der Waals surface area contributed by atoms with Gasteiger partial charge in [0.15, 0.2) is 0 Å². The number of aliphatic hydroxyl groups is 1. The van der Waals surface area contributed by atoms with E-state index in [9.17, 15) is 13.2 Å². The summed E-state index contributed by atoms with van der Waals surface area (Å²) < 4.78 is 25.2. The van der Waals surface area contributed by atoms with Crippen LogP contribution in [0.4, 0.5) is 0 Å². The molecule has 0 radical (unpaired) electrons. The summed E-state index contributed by atoms with van der Waals surface area (Å²) in [4.78, 5) is 10.2. The van der Waals surface area contributed by atoms with Crippen LogP contribution in [0.3, 0.4) is 0 Å². The number of nitrogens with one attached hydrogen (secondary N) is 1. The first-order valence-electron chi connectivity index (χ1n) is 4.68. The number of aliphatic hydroxyl groups excluding tert-OH is 1. The van der Waals surface area contributed by atoms with E-state index < -0.39 is 34.2 Å². The molecule has 0 aromatic rings. The summed E-state index contributed by atoms with van der Waals surface area (Å²) in [6, 6.07) is -0.432. The van der Waals surface area contributed by atoms with Crippen LogP contribution >= 0.6 is 11.8 Å². The van der Waals surface area contributed by atoms with E-state index >= 15 is 0 Å². The number of carboxylic acid groups (broad SMARTS) is 1. The summed E-state index contributed by atoms with van der Waals surface area (Å²) in [5, 5.41) is 17.1. The molecular weight excluding hydrogens is 254 g/mol. The topological polar surface area (TPSA) is 104 Å². The maximum absolute atomic E-state index is 11.4. The lowest BCUT2D eigenvalue weighted by molar-refractivity contribution is -0.136. The van der Waals surface area contributed by atoms with E-state index in [1.54, 1.807) is 13.2 Å². The van der Waals surface area contributed by atoms with E-state index in [0.29, 0.717) is 0 Å². The van der Waals surface area contributed by atoms with Crippen LogP contribution in [0.5, 0.6) is 0 Å². The molecule has 16 heavy (non-hydrogen) atoms. The van der Waals surface area contributed by atoms with Gasteiger partial charge >= 0.3 is 5.97 Å². The van der Waals surface area contributed by atoms with Gasteiger partial charge in [0.25, 0.3) is 0 Å². The Morgan fingerprint density at radius 2 is 2.06 bits per heavy atom. The standard InChI is InChI=1S/C8H17NO5S2/c1-6(7(5-10)15-2)9-16(13,14)4-3-8(11)12/h6-7,9-10H,3-5H2,1-2H3,(H,11,12). The summed E-state index contributed by atoms with van der Waals surface area (Å²) in [5.74, 6) is -1.60. The Balaban J connectivity index is 4.29. The second kappa shape index (κ2) is 7.10. The van der Waals surface area contributed by atoms with Crippen LogP contribution in [-0.2, 0) is 14.8 Å². The van der Waals surface area contributed by atoms with Crippen molar-refractivity contribution in [3.05, 3.63) is 0 Å². The molecule has 0 aliphatic rings. The Labute approximate surface area is 99.5 Å². The number of rotatable bonds is 8. The molecule has 0 spiro atoms. The maximum atomic E-state index is 11.4. The molecule has 0 heterocycles. The number of sulfonamides is 1. The summed E-state index contributed by atoms with van der Waals surface area (Å²) in [5.41, 5.74) is 0. The maximum Gasteiger partial charge on any atom is 0.304 e. The molecule has 0 aliphatic carbocycles. The van der Waals surface area contributed by atoms with Crippen LogP contribution in [0.15, 0.2) is 0 Å². The quantitative estimate of drug-likeness (QED) is 0.549. The number of carboxylic acids is 1. The Morgan fingerprint density at radius 1 is 1.50 bits per heavy atom. The third-order valence-electron chi connectivity index (χ3n) is 1.99. The van der Waals surface area contributed by atoms with Gasteiger partial charge in [-0.3, -0.25) is 4.79 Å². The SMILES string of the molecule is CSC(CO)C(C)NS(=O)(=O)CCC(=O)O. The van der Waals surface area contributed by atoms with Crippen molar-refractivity contribution in [2.24, 2.45) is 0 Å². The van der Waals surface area contributed by atoms with Crippen LogP contribution in [0.2, 0.25) is 0 Å². The molecule has 8 heteroatoms. The number of aliphatic carboxylic acids is 1. The van der Waals surface area contributed by atoms with E-state index in [0.717, 1.165) is 0 Å². The van der Waals surface area contributed by atoms with Gasteiger partial charge in [0.2, 0.25) is 10.0 Å². The van der Waals surface area contributed by atoms with Gasteiger partial charge in [-0.15, -0.1) is 0 Å². The third kappa shape index (κ3) is 6.31. The van der Waals surface area contributed by atoms with Gasteiger partial charge in [-0.1, -0.05) is 0 Å². The van der Waals surface area contributed by atoms with Gasteiger partial charge < -0.3 is 10.2 Å². The minimum atomic E-state index is -3.60. The van der Waals surface area contributed by atoms with E-state index in [2.05, 4.69) is 4.72 Å². The molecule has 6 nitrogen and oxygen atoms in total. The van der Waals surface area contributed by atoms with Crippen LogP contribution in [0.25, 0.3) is 0 Å². The molecule has 0 rings (SSSR count). The molecule has 2 atom stereocenters. The molecule has 0 aromatic heterocycles.